The maximum atomic E-state index is 14.6. The first-order valence-electron chi connectivity index (χ1n) is 22.2. The molecule has 4 saturated heterocycles. The monoisotopic (exact) mass is 831 g/mol. The summed E-state index contributed by atoms with van der Waals surface area (Å²) in [5, 5.41) is 21.9. The fourth-order valence-electron chi connectivity index (χ4n) is 9.52. The van der Waals surface area contributed by atoms with Crippen LogP contribution in [-0.4, -0.2) is 101 Å². The summed E-state index contributed by atoms with van der Waals surface area (Å²) < 4.78 is 53.1. The Morgan fingerprint density at radius 2 is 1.00 bits per heavy atom. The third-order valence-electron chi connectivity index (χ3n) is 14.0. The third-order valence-corrected chi connectivity index (χ3v) is 14.0. The summed E-state index contributed by atoms with van der Waals surface area (Å²) >= 11 is 0. The number of Topliss-reactive ketones (excluding diaryl/α,β-unsaturated/α-hetero) is 2. The van der Waals surface area contributed by atoms with Gasteiger partial charge in [0.15, 0.2) is 23.8 Å². The van der Waals surface area contributed by atoms with Crippen molar-refractivity contribution in [1.29, 1.82) is 0 Å². The molecule has 7 bridgehead atoms. The molecule has 6 aliphatic heterocycles. The highest BCUT2D eigenvalue weighted by Gasteiger charge is 2.73. The number of aliphatic hydroxyl groups excluding tert-OH is 2. The van der Waals surface area contributed by atoms with E-state index in [4.69, 9.17) is 37.6 Å². The van der Waals surface area contributed by atoms with Crippen molar-refractivity contribution in [3.63, 3.8) is 0 Å². The van der Waals surface area contributed by atoms with Gasteiger partial charge in [0.05, 0.1) is 24.4 Å². The van der Waals surface area contributed by atoms with Crippen LogP contribution in [0.15, 0.2) is 24.3 Å². The van der Waals surface area contributed by atoms with E-state index in [2.05, 4.69) is 0 Å². The Morgan fingerprint density at radius 3 is 1.37 bits per heavy atom. The minimum atomic E-state index is -3.52. The maximum Gasteiger partial charge on any atom is 0.536 e. The minimum Gasteiger partial charge on any atom is -0.504 e. The van der Waals surface area contributed by atoms with Crippen molar-refractivity contribution in [2.45, 2.75) is 206 Å². The van der Waals surface area contributed by atoms with Gasteiger partial charge < -0.3 is 47.8 Å². The fraction of sp³-hybridized carbons (Fsp3) is 0.818. The van der Waals surface area contributed by atoms with Crippen molar-refractivity contribution in [2.75, 3.05) is 0 Å². The molecule has 13 unspecified atom stereocenters. The number of allylic oxidation sites excluding steroid dienone is 2. The molecule has 0 aromatic heterocycles. The average molecular weight is 832 g/mol. The lowest BCUT2D eigenvalue weighted by Gasteiger charge is -2.51. The second-order valence-electron chi connectivity index (χ2n) is 19.0. The molecule has 332 valence electrons. The molecule has 4 fully saturated rings. The molecule has 2 N–H and O–H groups in total. The Balaban J connectivity index is 1.50. The fourth-order valence-corrected chi connectivity index (χ4v) is 9.52. The molecule has 0 aromatic carbocycles. The van der Waals surface area contributed by atoms with E-state index in [-0.39, 0.29) is 24.4 Å². The van der Waals surface area contributed by atoms with E-state index in [1.807, 2.05) is 52.0 Å². The third kappa shape index (κ3) is 9.19. The summed E-state index contributed by atoms with van der Waals surface area (Å²) in [7, 11) is 0. The maximum absolute atomic E-state index is 14.6. The summed E-state index contributed by atoms with van der Waals surface area (Å²) in [6.07, 6.45) is 4.87. The highest BCUT2D eigenvalue weighted by atomic mass is 17.0. The Labute approximate surface area is 349 Å². The van der Waals surface area contributed by atoms with Crippen LogP contribution in [0.4, 0.5) is 0 Å². The quantitative estimate of drug-likeness (QED) is 0.185. The number of ketones is 2. The Bertz CT molecular complexity index is 1490. The molecule has 0 aromatic rings. The first-order chi connectivity index (χ1) is 27.8. The highest BCUT2D eigenvalue weighted by Crippen LogP contribution is 2.57. The van der Waals surface area contributed by atoms with Gasteiger partial charge in [-0.3, -0.25) is 9.59 Å². The van der Waals surface area contributed by atoms with Crippen LogP contribution < -0.4 is 0 Å². The van der Waals surface area contributed by atoms with E-state index in [0.717, 1.165) is 0 Å². The Morgan fingerprint density at radius 1 is 0.610 bits per heavy atom. The molecule has 6 rings (SSSR count). The molecule has 0 aliphatic carbocycles. The van der Waals surface area contributed by atoms with Crippen LogP contribution in [0.1, 0.15) is 145 Å². The summed E-state index contributed by atoms with van der Waals surface area (Å²) in [4.78, 5) is 57.3. The summed E-state index contributed by atoms with van der Waals surface area (Å²) in [6.45, 7) is 11.1. The highest BCUT2D eigenvalue weighted by molar-refractivity contribution is 6.56. The van der Waals surface area contributed by atoms with Crippen molar-refractivity contribution in [2.24, 2.45) is 22.7 Å². The first kappa shape index (κ1) is 46.0. The van der Waals surface area contributed by atoms with Gasteiger partial charge in [0.2, 0.25) is 0 Å². The number of aliphatic hydroxyl groups is 2. The largest absolute Gasteiger partial charge is 0.536 e. The number of carbonyl (C=O) groups excluding carboxylic acids is 4. The van der Waals surface area contributed by atoms with Gasteiger partial charge in [-0.15, -0.1) is 0 Å². The lowest BCUT2D eigenvalue weighted by molar-refractivity contribution is -0.302. The van der Waals surface area contributed by atoms with Crippen LogP contribution in [0.5, 0.6) is 0 Å². The van der Waals surface area contributed by atoms with Crippen LogP contribution in [0.3, 0.4) is 0 Å². The number of hydrogen-bond acceptors (Lipinski definition) is 14. The predicted molar refractivity (Wildman–Crippen MR) is 215 cm³/mol. The molecule has 15 heteroatoms. The van der Waals surface area contributed by atoms with E-state index < -0.39 is 102 Å². The van der Waals surface area contributed by atoms with E-state index >= 15 is 0 Å². The zero-order valence-corrected chi connectivity index (χ0v) is 36.4. The van der Waals surface area contributed by atoms with E-state index in [1.54, 1.807) is 27.7 Å². The number of carbonyl (C=O) groups is 4. The number of rotatable bonds is 2. The molecule has 0 radical (unpaired) electrons. The number of cyclic esters (lactones) is 2. The van der Waals surface area contributed by atoms with Crippen LogP contribution in [0, 0.1) is 22.7 Å². The first-order valence-corrected chi connectivity index (χ1v) is 22.2. The van der Waals surface area contributed by atoms with Crippen molar-refractivity contribution in [1.82, 2.24) is 0 Å². The number of hydrogen-bond donors (Lipinski definition) is 2. The van der Waals surface area contributed by atoms with Crippen molar-refractivity contribution >= 4 is 30.5 Å². The summed E-state index contributed by atoms with van der Waals surface area (Å²) in [5.41, 5.74) is -2.26. The van der Waals surface area contributed by atoms with Crippen molar-refractivity contribution in [3.8, 4) is 0 Å². The van der Waals surface area contributed by atoms with E-state index in [0.29, 0.717) is 77.0 Å². The Kier molecular flexibility index (Phi) is 14.1. The van der Waals surface area contributed by atoms with Gasteiger partial charge in [0, 0.05) is 48.3 Å². The van der Waals surface area contributed by atoms with Gasteiger partial charge in [0.1, 0.15) is 23.8 Å². The average Bonchev–Trinajstić information content (AvgIpc) is 3.68. The molecule has 6 aliphatic rings. The molecular weight excluding hydrogens is 763 g/mol. The standard InChI is InChI=1S/C44H68BO14/c1-9-31-19-15-11-13-17-29(46)25-33(48)42(7,8)36-24-22-28(4)44(55-36)38-40(51)53-32(10-2)20-16-12-14-18-30(47)26-34(49)41(5,6)35-23-21-27(3)43(54-35)37(39(50)52-31)56-45(57-38,58-43)59-44/h11-12,15-16,27-32,35-38,46-47H,9-10,13-14,17-26H2,1-8H3/q-1/b15-11-,16-12+. The van der Waals surface area contributed by atoms with Crippen LogP contribution >= 0.6 is 0 Å². The zero-order valence-electron chi connectivity index (χ0n) is 36.4. The van der Waals surface area contributed by atoms with E-state index in [9.17, 15) is 29.4 Å². The molecule has 3 spiro atoms. The van der Waals surface area contributed by atoms with E-state index in [1.165, 1.54) is 0 Å². The normalized spacial score (nSPS) is 44.8. The van der Waals surface area contributed by atoms with Gasteiger partial charge in [0.25, 0.3) is 0 Å². The minimum absolute atomic E-state index is 0.0918. The molecule has 13 atom stereocenters. The Hall–Kier alpha value is -2.50. The molecular formula is C44H68BO14-. The van der Waals surface area contributed by atoms with Crippen molar-refractivity contribution in [3.05, 3.63) is 24.3 Å². The molecule has 0 amide bonds. The number of fused-ring (bicyclic) bond motifs is 4. The van der Waals surface area contributed by atoms with Gasteiger partial charge >= 0.3 is 18.9 Å². The smallest absolute Gasteiger partial charge is 0.504 e. The summed E-state index contributed by atoms with van der Waals surface area (Å²) in [6, 6.07) is 0. The van der Waals surface area contributed by atoms with Crippen LogP contribution in [0.25, 0.3) is 0 Å². The van der Waals surface area contributed by atoms with Crippen molar-refractivity contribution < 1.29 is 67.0 Å². The van der Waals surface area contributed by atoms with Crippen LogP contribution in [0.2, 0.25) is 0 Å². The van der Waals surface area contributed by atoms with Crippen LogP contribution in [-0.2, 0) is 56.7 Å². The van der Waals surface area contributed by atoms with Gasteiger partial charge in [-0.25, -0.2) is 9.59 Å². The topological polar surface area (TPSA) is 183 Å². The van der Waals surface area contributed by atoms with Gasteiger partial charge in [-0.2, -0.15) is 0 Å². The van der Waals surface area contributed by atoms with Gasteiger partial charge in [-0.1, -0.05) is 79.7 Å². The lowest BCUT2D eigenvalue weighted by Crippen LogP contribution is -2.61. The molecule has 59 heavy (non-hydrogen) atoms. The van der Waals surface area contributed by atoms with Gasteiger partial charge in [-0.05, 0) is 64.2 Å². The molecule has 6 heterocycles. The lowest BCUT2D eigenvalue weighted by atomic mass is 9.74. The number of esters is 2. The second-order valence-corrected chi connectivity index (χ2v) is 19.0. The zero-order chi connectivity index (χ0) is 43.0. The number of ether oxygens (including phenoxy) is 4. The molecule has 0 saturated carbocycles. The predicted octanol–water partition coefficient (Wildman–Crippen LogP) is 6.09. The molecule has 14 nitrogen and oxygen atoms in total. The SMILES string of the molecule is CCC1C/C=C\CCC(O)CC(=O)C(C)(C)C2CCC(C)C3(O2)O[B-]24OC(C(=O)O1)C1(OC(CCC1C)C(C)(C)C(=O)CC(O)CC/C=C/CC(CC)OC(=O)C3O2)O4. The summed E-state index contributed by atoms with van der Waals surface area (Å²) in [5.74, 6) is -6.89. The second kappa shape index (κ2) is 18.1.